The zero-order chi connectivity index (χ0) is 19.0. The van der Waals surface area contributed by atoms with E-state index in [2.05, 4.69) is 0 Å². The molecule has 5 heteroatoms. The molecule has 2 aromatic carbocycles. The Morgan fingerprint density at radius 1 is 1.04 bits per heavy atom. The summed E-state index contributed by atoms with van der Waals surface area (Å²) in [5, 5.41) is 9.76. The van der Waals surface area contributed by atoms with Gasteiger partial charge in [0.2, 0.25) is 7.37 Å². The summed E-state index contributed by atoms with van der Waals surface area (Å²) in [6, 6.07) is 18.6. The van der Waals surface area contributed by atoms with E-state index in [1.165, 1.54) is 0 Å². The fourth-order valence-electron chi connectivity index (χ4n) is 3.41. The summed E-state index contributed by atoms with van der Waals surface area (Å²) in [7, 11) is -3.61. The van der Waals surface area contributed by atoms with Crippen LogP contribution in [0.5, 0.6) is 0 Å². The molecule has 2 aromatic rings. The maximum atomic E-state index is 13.1. The standard InChI is InChI=1S/C21H27O4P/c1-2-10-19(20(21(22)23)18-14-7-4-8-15-18)26(24,25)16-9-13-17-11-5-3-6-12-17/h3-8,11-12,14-15,19-20H,2,9-10,13,16H2,1H3,(H,22,23)(H,24,25). The molecule has 2 rings (SSSR count). The molecule has 0 radical (unpaired) electrons. The monoisotopic (exact) mass is 374 g/mol. The molecule has 3 atom stereocenters. The van der Waals surface area contributed by atoms with E-state index in [4.69, 9.17) is 0 Å². The number of hydrogen-bond donors (Lipinski definition) is 2. The van der Waals surface area contributed by atoms with Crippen molar-refractivity contribution in [2.45, 2.75) is 44.2 Å². The molecule has 0 aliphatic heterocycles. The Kier molecular flexibility index (Phi) is 7.62. The average Bonchev–Trinajstić information content (AvgIpc) is 2.63. The highest BCUT2D eigenvalue weighted by atomic mass is 31.2. The number of carboxylic acid groups (broad SMARTS) is 1. The minimum atomic E-state index is -3.61. The minimum Gasteiger partial charge on any atom is -0.481 e. The Bertz CT molecular complexity index is 730. The van der Waals surface area contributed by atoms with Crippen molar-refractivity contribution in [2.75, 3.05) is 6.16 Å². The first-order valence-corrected chi connectivity index (χ1v) is 11.0. The molecule has 0 bridgehead atoms. The molecule has 0 fully saturated rings. The molecule has 4 nitrogen and oxygen atoms in total. The third-order valence-corrected chi connectivity index (χ3v) is 7.25. The van der Waals surface area contributed by atoms with Crippen LogP contribution in [0.4, 0.5) is 0 Å². The lowest BCUT2D eigenvalue weighted by Gasteiger charge is -2.28. The molecule has 3 unspecified atom stereocenters. The van der Waals surface area contributed by atoms with Gasteiger partial charge in [0.05, 0.1) is 11.6 Å². The normalized spacial score (nSPS) is 15.8. The highest BCUT2D eigenvalue weighted by molar-refractivity contribution is 7.58. The molecule has 0 aliphatic carbocycles. The predicted octanol–water partition coefficient (Wildman–Crippen LogP) is 4.93. The first kappa shape index (κ1) is 20.4. The van der Waals surface area contributed by atoms with Gasteiger partial charge in [-0.1, -0.05) is 74.0 Å². The zero-order valence-electron chi connectivity index (χ0n) is 15.1. The van der Waals surface area contributed by atoms with Gasteiger partial charge in [-0.25, -0.2) is 0 Å². The van der Waals surface area contributed by atoms with Gasteiger partial charge in [-0.15, -0.1) is 0 Å². The summed E-state index contributed by atoms with van der Waals surface area (Å²) in [4.78, 5) is 22.7. The lowest BCUT2D eigenvalue weighted by molar-refractivity contribution is -0.139. The van der Waals surface area contributed by atoms with E-state index >= 15 is 0 Å². The second-order valence-corrected chi connectivity index (χ2v) is 9.27. The average molecular weight is 374 g/mol. The fraction of sp³-hybridized carbons (Fsp3) is 0.381. The number of rotatable bonds is 10. The van der Waals surface area contributed by atoms with Gasteiger partial charge in [-0.2, -0.15) is 0 Å². The number of benzene rings is 2. The van der Waals surface area contributed by atoms with Crippen molar-refractivity contribution in [3.63, 3.8) is 0 Å². The van der Waals surface area contributed by atoms with E-state index in [1.807, 2.05) is 43.3 Å². The molecular formula is C21H27O4P. The van der Waals surface area contributed by atoms with Crippen LogP contribution in [0.3, 0.4) is 0 Å². The van der Waals surface area contributed by atoms with Crippen molar-refractivity contribution >= 4 is 13.3 Å². The summed E-state index contributed by atoms with van der Waals surface area (Å²) in [6.07, 6.45) is 2.52. The lowest BCUT2D eigenvalue weighted by Crippen LogP contribution is -2.27. The van der Waals surface area contributed by atoms with Crippen LogP contribution in [0.2, 0.25) is 0 Å². The quantitative estimate of drug-likeness (QED) is 0.579. The number of hydrogen-bond acceptors (Lipinski definition) is 2. The summed E-state index contributed by atoms with van der Waals surface area (Å²) >= 11 is 0. The molecule has 2 N–H and O–H groups in total. The first-order chi connectivity index (χ1) is 12.5. The van der Waals surface area contributed by atoms with Crippen LogP contribution < -0.4 is 0 Å². The van der Waals surface area contributed by atoms with E-state index in [1.54, 1.807) is 24.3 Å². The maximum Gasteiger partial charge on any atom is 0.311 e. The Balaban J connectivity index is 2.16. The van der Waals surface area contributed by atoms with Crippen LogP contribution in [-0.2, 0) is 15.8 Å². The zero-order valence-corrected chi connectivity index (χ0v) is 16.0. The minimum absolute atomic E-state index is 0.142. The van der Waals surface area contributed by atoms with Crippen LogP contribution in [-0.4, -0.2) is 27.8 Å². The van der Waals surface area contributed by atoms with Gasteiger partial charge in [-0.05, 0) is 30.4 Å². The third-order valence-electron chi connectivity index (χ3n) is 4.70. The molecule has 0 aliphatic rings. The summed E-state index contributed by atoms with van der Waals surface area (Å²) < 4.78 is 13.1. The molecule has 0 spiro atoms. The van der Waals surface area contributed by atoms with Crippen molar-refractivity contribution in [1.29, 1.82) is 0 Å². The van der Waals surface area contributed by atoms with Crippen molar-refractivity contribution in [3.05, 3.63) is 71.8 Å². The Labute approximate surface area is 155 Å². The Morgan fingerprint density at radius 3 is 2.15 bits per heavy atom. The highest BCUT2D eigenvalue weighted by Gasteiger charge is 2.40. The van der Waals surface area contributed by atoms with E-state index in [9.17, 15) is 19.4 Å². The second-order valence-electron chi connectivity index (χ2n) is 6.65. The number of carbonyl (C=O) groups is 1. The second kappa shape index (κ2) is 9.70. The van der Waals surface area contributed by atoms with E-state index in [-0.39, 0.29) is 6.16 Å². The van der Waals surface area contributed by atoms with Gasteiger partial charge in [0.1, 0.15) is 0 Å². The molecule has 0 heterocycles. The summed E-state index contributed by atoms with van der Waals surface area (Å²) in [5.74, 6) is -1.99. The van der Waals surface area contributed by atoms with Crippen molar-refractivity contribution in [2.24, 2.45) is 0 Å². The van der Waals surface area contributed by atoms with Gasteiger partial charge in [0, 0.05) is 6.16 Å². The largest absolute Gasteiger partial charge is 0.481 e. The predicted molar refractivity (Wildman–Crippen MR) is 105 cm³/mol. The molecule has 0 amide bonds. The highest BCUT2D eigenvalue weighted by Crippen LogP contribution is 2.54. The summed E-state index contributed by atoms with van der Waals surface area (Å²) in [5.41, 5.74) is 0.955. The van der Waals surface area contributed by atoms with Gasteiger partial charge in [0.15, 0.2) is 0 Å². The van der Waals surface area contributed by atoms with Crippen LogP contribution >= 0.6 is 7.37 Å². The van der Waals surface area contributed by atoms with E-state index in [0.717, 1.165) is 5.56 Å². The molecular weight excluding hydrogens is 347 g/mol. The molecule has 26 heavy (non-hydrogen) atoms. The van der Waals surface area contributed by atoms with Crippen molar-refractivity contribution in [3.8, 4) is 0 Å². The summed E-state index contributed by atoms with van der Waals surface area (Å²) in [6.45, 7) is 1.92. The Hall–Kier alpha value is -1.90. The maximum absolute atomic E-state index is 13.1. The van der Waals surface area contributed by atoms with E-state index < -0.39 is 24.9 Å². The third kappa shape index (κ3) is 5.55. The topological polar surface area (TPSA) is 74.6 Å². The SMILES string of the molecule is CCCC(C(C(=O)O)c1ccccc1)P(=O)(O)CCCc1ccccc1. The van der Waals surface area contributed by atoms with Crippen molar-refractivity contribution < 1.29 is 19.4 Å². The van der Waals surface area contributed by atoms with Crippen LogP contribution in [0.25, 0.3) is 0 Å². The number of carboxylic acids is 1. The molecule has 140 valence electrons. The van der Waals surface area contributed by atoms with Crippen molar-refractivity contribution in [1.82, 2.24) is 0 Å². The van der Waals surface area contributed by atoms with Gasteiger partial charge >= 0.3 is 5.97 Å². The molecule has 0 saturated heterocycles. The van der Waals surface area contributed by atoms with Crippen LogP contribution in [0.15, 0.2) is 60.7 Å². The van der Waals surface area contributed by atoms with Gasteiger partial charge in [0.25, 0.3) is 0 Å². The number of aliphatic carboxylic acids is 1. The Morgan fingerprint density at radius 2 is 1.62 bits per heavy atom. The molecule has 0 saturated carbocycles. The lowest BCUT2D eigenvalue weighted by atomic mass is 9.93. The first-order valence-electron chi connectivity index (χ1n) is 9.09. The van der Waals surface area contributed by atoms with Gasteiger partial charge < -0.3 is 10.00 Å². The van der Waals surface area contributed by atoms with Crippen LogP contribution in [0.1, 0.15) is 43.2 Å². The van der Waals surface area contributed by atoms with E-state index in [0.29, 0.717) is 31.2 Å². The van der Waals surface area contributed by atoms with Gasteiger partial charge in [-0.3, -0.25) is 9.36 Å². The molecule has 0 aromatic heterocycles. The smallest absolute Gasteiger partial charge is 0.311 e. The fourth-order valence-corrected chi connectivity index (χ4v) is 5.78. The van der Waals surface area contributed by atoms with Crippen LogP contribution in [0, 0.1) is 0 Å². The number of aryl methyl sites for hydroxylation is 1.